The number of halogens is 3. The summed E-state index contributed by atoms with van der Waals surface area (Å²) in [7, 11) is 0. The molecule has 0 amide bonds. The standard InChI is InChI=1S/C7H6F3NO2S/c8-7(9,10)4-2-1-3(14-4)5(11)6(12)13/h1-2,5H,11H2,(H,12,13)/t5-/m0/s1. The van der Waals surface area contributed by atoms with E-state index in [1.807, 2.05) is 0 Å². The lowest BCUT2D eigenvalue weighted by atomic mass is 10.2. The van der Waals surface area contributed by atoms with Crippen molar-refractivity contribution in [3.8, 4) is 0 Å². The number of carboxylic acids is 1. The Balaban J connectivity index is 2.94. The van der Waals surface area contributed by atoms with E-state index in [0.717, 1.165) is 12.1 Å². The molecule has 1 aromatic rings. The van der Waals surface area contributed by atoms with Gasteiger partial charge in [-0.1, -0.05) is 0 Å². The average molecular weight is 225 g/mol. The summed E-state index contributed by atoms with van der Waals surface area (Å²) in [6.07, 6.45) is -4.44. The molecule has 0 aromatic carbocycles. The Morgan fingerprint density at radius 3 is 2.43 bits per heavy atom. The van der Waals surface area contributed by atoms with E-state index in [4.69, 9.17) is 10.8 Å². The van der Waals surface area contributed by atoms with Gasteiger partial charge in [0.1, 0.15) is 10.9 Å². The Bertz CT molecular complexity index is 347. The highest BCUT2D eigenvalue weighted by atomic mass is 32.1. The number of rotatable bonds is 2. The predicted octanol–water partition coefficient (Wildman–Crippen LogP) is 1.85. The summed E-state index contributed by atoms with van der Waals surface area (Å²) in [5, 5.41) is 8.45. The Kier molecular flexibility index (Phi) is 2.81. The lowest BCUT2D eigenvalue weighted by Crippen LogP contribution is -2.19. The maximum absolute atomic E-state index is 12.1. The van der Waals surface area contributed by atoms with Gasteiger partial charge in [-0.15, -0.1) is 11.3 Å². The number of thiophene rings is 1. The van der Waals surface area contributed by atoms with Crippen LogP contribution in [-0.4, -0.2) is 11.1 Å². The lowest BCUT2D eigenvalue weighted by molar-refractivity contribution is -0.138. The number of hydrogen-bond acceptors (Lipinski definition) is 3. The molecule has 1 aromatic heterocycles. The molecule has 0 bridgehead atoms. The minimum atomic E-state index is -4.44. The second kappa shape index (κ2) is 3.58. The topological polar surface area (TPSA) is 63.3 Å². The van der Waals surface area contributed by atoms with E-state index in [-0.39, 0.29) is 4.88 Å². The fraction of sp³-hybridized carbons (Fsp3) is 0.286. The van der Waals surface area contributed by atoms with E-state index >= 15 is 0 Å². The molecule has 3 N–H and O–H groups in total. The molecular weight excluding hydrogens is 219 g/mol. The third-order valence-corrected chi connectivity index (χ3v) is 2.69. The molecule has 1 heterocycles. The van der Waals surface area contributed by atoms with Crippen molar-refractivity contribution in [3.05, 3.63) is 21.9 Å². The molecule has 14 heavy (non-hydrogen) atoms. The first-order valence-corrected chi connectivity index (χ1v) is 4.29. The summed E-state index contributed by atoms with van der Waals surface area (Å²) in [5.74, 6) is -1.35. The number of aliphatic carboxylic acids is 1. The largest absolute Gasteiger partial charge is 0.480 e. The molecule has 0 aliphatic heterocycles. The van der Waals surface area contributed by atoms with Crippen molar-refractivity contribution in [2.45, 2.75) is 12.2 Å². The van der Waals surface area contributed by atoms with Crippen molar-refractivity contribution < 1.29 is 23.1 Å². The highest BCUT2D eigenvalue weighted by Crippen LogP contribution is 2.35. The summed E-state index contributed by atoms with van der Waals surface area (Å²) in [6, 6.07) is 0.505. The van der Waals surface area contributed by atoms with Crippen LogP contribution in [-0.2, 0) is 11.0 Å². The molecule has 0 saturated heterocycles. The van der Waals surface area contributed by atoms with Gasteiger partial charge in [-0.25, -0.2) is 0 Å². The van der Waals surface area contributed by atoms with Crippen LogP contribution in [0.4, 0.5) is 13.2 Å². The second-order valence-corrected chi connectivity index (χ2v) is 3.63. The number of nitrogens with two attached hydrogens (primary N) is 1. The molecule has 7 heteroatoms. The zero-order valence-electron chi connectivity index (χ0n) is 6.71. The molecule has 0 aliphatic carbocycles. The van der Waals surface area contributed by atoms with Crippen LogP contribution in [0.3, 0.4) is 0 Å². The van der Waals surface area contributed by atoms with Crippen LogP contribution in [0.15, 0.2) is 12.1 Å². The third kappa shape index (κ3) is 2.24. The van der Waals surface area contributed by atoms with Gasteiger partial charge < -0.3 is 10.8 Å². The van der Waals surface area contributed by atoms with Crippen LogP contribution in [0, 0.1) is 0 Å². The summed E-state index contributed by atoms with van der Waals surface area (Å²) < 4.78 is 36.3. The monoisotopic (exact) mass is 225 g/mol. The van der Waals surface area contributed by atoms with Crippen LogP contribution in [0.2, 0.25) is 0 Å². The van der Waals surface area contributed by atoms with Gasteiger partial charge in [0.05, 0.1) is 0 Å². The van der Waals surface area contributed by atoms with Gasteiger partial charge in [-0.3, -0.25) is 4.79 Å². The Morgan fingerprint density at radius 1 is 1.50 bits per heavy atom. The lowest BCUT2D eigenvalue weighted by Gasteiger charge is -2.03. The summed E-state index contributed by atoms with van der Waals surface area (Å²) in [6.45, 7) is 0. The molecule has 0 unspecified atom stereocenters. The minimum Gasteiger partial charge on any atom is -0.480 e. The van der Waals surface area contributed by atoms with Crippen molar-refractivity contribution in [1.82, 2.24) is 0 Å². The molecule has 0 saturated carbocycles. The number of carboxylic acid groups (broad SMARTS) is 1. The van der Waals surface area contributed by atoms with Gasteiger partial charge in [-0.2, -0.15) is 13.2 Å². The Hall–Kier alpha value is -1.08. The van der Waals surface area contributed by atoms with E-state index in [9.17, 15) is 18.0 Å². The van der Waals surface area contributed by atoms with Crippen molar-refractivity contribution in [2.24, 2.45) is 5.73 Å². The molecule has 0 aliphatic rings. The SMILES string of the molecule is N[C@H](C(=O)O)c1ccc(C(F)(F)F)s1. The molecule has 1 rings (SSSR count). The maximum atomic E-state index is 12.1. The highest BCUT2D eigenvalue weighted by molar-refractivity contribution is 7.12. The Labute approximate surface area is 81.0 Å². The van der Waals surface area contributed by atoms with Crippen molar-refractivity contribution in [1.29, 1.82) is 0 Å². The average Bonchev–Trinajstić information content (AvgIpc) is 2.49. The van der Waals surface area contributed by atoms with Crippen molar-refractivity contribution >= 4 is 17.3 Å². The minimum absolute atomic E-state index is 0.00942. The molecule has 0 fully saturated rings. The number of hydrogen-bond donors (Lipinski definition) is 2. The first kappa shape index (κ1) is 11.0. The Morgan fingerprint density at radius 2 is 2.07 bits per heavy atom. The van der Waals surface area contributed by atoms with Gasteiger partial charge in [0.2, 0.25) is 0 Å². The predicted molar refractivity (Wildman–Crippen MR) is 43.9 cm³/mol. The molecule has 0 spiro atoms. The van der Waals surface area contributed by atoms with Gasteiger partial charge in [0, 0.05) is 4.88 Å². The van der Waals surface area contributed by atoms with Crippen LogP contribution < -0.4 is 5.73 Å². The number of alkyl halides is 3. The zero-order valence-corrected chi connectivity index (χ0v) is 7.52. The first-order valence-electron chi connectivity index (χ1n) is 3.47. The van der Waals surface area contributed by atoms with Crippen LogP contribution in [0.5, 0.6) is 0 Å². The van der Waals surface area contributed by atoms with E-state index in [0.29, 0.717) is 11.3 Å². The molecule has 1 atom stereocenters. The van der Waals surface area contributed by atoms with Crippen LogP contribution in [0.1, 0.15) is 15.8 Å². The van der Waals surface area contributed by atoms with Crippen LogP contribution in [0.25, 0.3) is 0 Å². The molecule has 0 radical (unpaired) electrons. The van der Waals surface area contributed by atoms with Crippen LogP contribution >= 0.6 is 11.3 Å². The van der Waals surface area contributed by atoms with E-state index in [1.54, 1.807) is 0 Å². The normalized spacial score (nSPS) is 14.0. The second-order valence-electron chi connectivity index (χ2n) is 2.52. The smallest absolute Gasteiger partial charge is 0.425 e. The fourth-order valence-corrected chi connectivity index (χ4v) is 1.66. The van der Waals surface area contributed by atoms with E-state index in [1.165, 1.54) is 0 Å². The van der Waals surface area contributed by atoms with Gasteiger partial charge in [0.25, 0.3) is 0 Å². The van der Waals surface area contributed by atoms with E-state index in [2.05, 4.69) is 0 Å². The zero-order chi connectivity index (χ0) is 10.9. The van der Waals surface area contributed by atoms with Gasteiger partial charge in [-0.05, 0) is 12.1 Å². The number of carbonyl (C=O) groups is 1. The maximum Gasteiger partial charge on any atom is 0.425 e. The van der Waals surface area contributed by atoms with Crippen molar-refractivity contribution in [3.63, 3.8) is 0 Å². The summed E-state index contributed by atoms with van der Waals surface area (Å²) in [4.78, 5) is 9.51. The quantitative estimate of drug-likeness (QED) is 0.807. The summed E-state index contributed by atoms with van der Waals surface area (Å²) in [5.41, 5.74) is 5.14. The molecule has 3 nitrogen and oxygen atoms in total. The summed E-state index contributed by atoms with van der Waals surface area (Å²) >= 11 is 0.345. The third-order valence-electron chi connectivity index (χ3n) is 1.48. The molecule has 78 valence electrons. The molecular formula is C7H6F3NO2S. The van der Waals surface area contributed by atoms with Gasteiger partial charge >= 0.3 is 12.1 Å². The highest BCUT2D eigenvalue weighted by Gasteiger charge is 2.33. The van der Waals surface area contributed by atoms with Crippen molar-refractivity contribution in [2.75, 3.05) is 0 Å². The van der Waals surface area contributed by atoms with Gasteiger partial charge in [0.15, 0.2) is 0 Å². The first-order chi connectivity index (χ1) is 6.32. The fourth-order valence-electron chi connectivity index (χ4n) is 0.794. The van der Waals surface area contributed by atoms with E-state index < -0.39 is 23.1 Å².